The summed E-state index contributed by atoms with van der Waals surface area (Å²) in [4.78, 5) is 0. The molecule has 2 heteroatoms. The van der Waals surface area contributed by atoms with Gasteiger partial charge in [0.1, 0.15) is 0 Å². The standard InChI is InChI=1S/C16H36N2/c1-13(15(3,4)5)11-17-9-10-18-12-14(2)16(6,7)8/h13-14,17-18H,9-12H2,1-8H3/t13-,14-/m1/s1. The van der Waals surface area contributed by atoms with Gasteiger partial charge in [0.25, 0.3) is 0 Å². The Balaban J connectivity index is 3.53. The van der Waals surface area contributed by atoms with Crippen LogP contribution in [0.1, 0.15) is 55.4 Å². The highest BCUT2D eigenvalue weighted by atomic mass is 14.9. The molecule has 0 bridgehead atoms. The van der Waals surface area contributed by atoms with Crippen LogP contribution in [0, 0.1) is 22.7 Å². The van der Waals surface area contributed by atoms with Crippen molar-refractivity contribution in [3.8, 4) is 0 Å². The molecule has 0 unspecified atom stereocenters. The highest BCUT2D eigenvalue weighted by molar-refractivity contribution is 4.73. The topological polar surface area (TPSA) is 24.1 Å². The van der Waals surface area contributed by atoms with Crippen molar-refractivity contribution < 1.29 is 0 Å². The SMILES string of the molecule is C[C@H](CNCCNC[C@@H](C)C(C)(C)C)C(C)(C)C. The van der Waals surface area contributed by atoms with Gasteiger partial charge in [-0.25, -0.2) is 0 Å². The van der Waals surface area contributed by atoms with Crippen LogP contribution >= 0.6 is 0 Å². The zero-order valence-corrected chi connectivity index (χ0v) is 14.0. The fourth-order valence-electron chi connectivity index (χ4n) is 1.43. The van der Waals surface area contributed by atoms with E-state index in [-0.39, 0.29) is 0 Å². The third-order valence-corrected chi connectivity index (χ3v) is 4.34. The van der Waals surface area contributed by atoms with Crippen LogP contribution < -0.4 is 10.6 Å². The lowest BCUT2D eigenvalue weighted by molar-refractivity contribution is 0.246. The first-order valence-electron chi connectivity index (χ1n) is 7.46. The Kier molecular flexibility index (Phi) is 7.46. The molecule has 110 valence electrons. The summed E-state index contributed by atoms with van der Waals surface area (Å²) in [7, 11) is 0. The molecule has 0 saturated heterocycles. The fourth-order valence-corrected chi connectivity index (χ4v) is 1.43. The normalized spacial score (nSPS) is 16.7. The van der Waals surface area contributed by atoms with Gasteiger partial charge in [-0.1, -0.05) is 55.4 Å². The van der Waals surface area contributed by atoms with Crippen LogP contribution in [0.15, 0.2) is 0 Å². The zero-order valence-electron chi connectivity index (χ0n) is 14.0. The lowest BCUT2D eigenvalue weighted by Crippen LogP contribution is -2.36. The third-order valence-electron chi connectivity index (χ3n) is 4.34. The average molecular weight is 256 g/mol. The molecule has 0 aromatic heterocycles. The van der Waals surface area contributed by atoms with E-state index in [1.807, 2.05) is 0 Å². The summed E-state index contributed by atoms with van der Waals surface area (Å²) < 4.78 is 0. The molecule has 0 radical (unpaired) electrons. The lowest BCUT2D eigenvalue weighted by Gasteiger charge is -2.28. The molecule has 18 heavy (non-hydrogen) atoms. The van der Waals surface area contributed by atoms with Gasteiger partial charge in [0, 0.05) is 13.1 Å². The molecule has 0 saturated carbocycles. The van der Waals surface area contributed by atoms with Crippen molar-refractivity contribution in [3.63, 3.8) is 0 Å². The summed E-state index contributed by atoms with van der Waals surface area (Å²) in [5.74, 6) is 1.43. The van der Waals surface area contributed by atoms with Gasteiger partial charge >= 0.3 is 0 Å². The van der Waals surface area contributed by atoms with Crippen molar-refractivity contribution in [3.05, 3.63) is 0 Å². The van der Waals surface area contributed by atoms with Gasteiger partial charge in [-0.3, -0.25) is 0 Å². The summed E-state index contributed by atoms with van der Waals surface area (Å²) in [5.41, 5.74) is 0.808. The fraction of sp³-hybridized carbons (Fsp3) is 1.00. The Labute approximate surface area is 115 Å². The molecule has 0 spiro atoms. The smallest absolute Gasteiger partial charge is 0.00768 e. The third kappa shape index (κ3) is 8.10. The number of rotatable bonds is 7. The number of hydrogen-bond acceptors (Lipinski definition) is 2. The van der Waals surface area contributed by atoms with E-state index in [0.29, 0.717) is 22.7 Å². The molecule has 2 atom stereocenters. The zero-order chi connectivity index (χ0) is 14.4. The van der Waals surface area contributed by atoms with Gasteiger partial charge in [-0.2, -0.15) is 0 Å². The van der Waals surface area contributed by atoms with E-state index < -0.39 is 0 Å². The second kappa shape index (κ2) is 7.49. The van der Waals surface area contributed by atoms with E-state index in [2.05, 4.69) is 66.0 Å². The highest BCUT2D eigenvalue weighted by Crippen LogP contribution is 2.24. The highest BCUT2D eigenvalue weighted by Gasteiger charge is 2.20. The molecule has 0 aliphatic heterocycles. The first kappa shape index (κ1) is 17.9. The maximum Gasteiger partial charge on any atom is 0.00768 e. The van der Waals surface area contributed by atoms with E-state index in [1.54, 1.807) is 0 Å². The summed E-state index contributed by atoms with van der Waals surface area (Å²) in [5, 5.41) is 7.08. The Morgan fingerprint density at radius 1 is 0.667 bits per heavy atom. The van der Waals surface area contributed by atoms with E-state index >= 15 is 0 Å². The van der Waals surface area contributed by atoms with Crippen LogP contribution in [-0.2, 0) is 0 Å². The molecular formula is C16H36N2. The van der Waals surface area contributed by atoms with Crippen molar-refractivity contribution in [1.82, 2.24) is 10.6 Å². The minimum Gasteiger partial charge on any atom is -0.315 e. The second-order valence-corrected chi connectivity index (χ2v) is 7.94. The predicted octanol–water partition coefficient (Wildman–Crippen LogP) is 3.53. The quantitative estimate of drug-likeness (QED) is 0.681. The average Bonchev–Trinajstić information content (AvgIpc) is 2.19. The monoisotopic (exact) mass is 256 g/mol. The van der Waals surface area contributed by atoms with Crippen molar-refractivity contribution in [2.75, 3.05) is 26.2 Å². The molecule has 0 aromatic rings. The molecular weight excluding hydrogens is 220 g/mol. The van der Waals surface area contributed by atoms with Crippen LogP contribution in [0.4, 0.5) is 0 Å². The van der Waals surface area contributed by atoms with Crippen LogP contribution in [0.3, 0.4) is 0 Å². The second-order valence-electron chi connectivity index (χ2n) is 7.94. The van der Waals surface area contributed by atoms with Gasteiger partial charge in [0.15, 0.2) is 0 Å². The van der Waals surface area contributed by atoms with E-state index in [4.69, 9.17) is 0 Å². The van der Waals surface area contributed by atoms with E-state index in [9.17, 15) is 0 Å². The lowest BCUT2D eigenvalue weighted by atomic mass is 9.82. The van der Waals surface area contributed by atoms with Crippen molar-refractivity contribution in [2.24, 2.45) is 22.7 Å². The van der Waals surface area contributed by atoms with Gasteiger partial charge in [0.2, 0.25) is 0 Å². The molecule has 0 aliphatic rings. The molecule has 0 aliphatic carbocycles. The van der Waals surface area contributed by atoms with Gasteiger partial charge in [0.05, 0.1) is 0 Å². The van der Waals surface area contributed by atoms with Crippen molar-refractivity contribution >= 4 is 0 Å². The van der Waals surface area contributed by atoms with Crippen molar-refractivity contribution in [1.29, 1.82) is 0 Å². The largest absolute Gasteiger partial charge is 0.315 e. The summed E-state index contributed by atoms with van der Waals surface area (Å²) in [6.45, 7) is 22.8. The Hall–Kier alpha value is -0.0800. The minimum absolute atomic E-state index is 0.404. The van der Waals surface area contributed by atoms with Crippen LogP contribution in [0.5, 0.6) is 0 Å². The predicted molar refractivity (Wildman–Crippen MR) is 83.0 cm³/mol. The first-order valence-corrected chi connectivity index (χ1v) is 7.46. The van der Waals surface area contributed by atoms with Crippen LogP contribution in [-0.4, -0.2) is 26.2 Å². The Bertz CT molecular complexity index is 186. The van der Waals surface area contributed by atoms with Crippen LogP contribution in [0.25, 0.3) is 0 Å². The summed E-state index contributed by atoms with van der Waals surface area (Å²) in [6, 6.07) is 0. The van der Waals surface area contributed by atoms with Crippen molar-refractivity contribution in [2.45, 2.75) is 55.4 Å². The van der Waals surface area contributed by atoms with E-state index in [1.165, 1.54) is 0 Å². The Morgan fingerprint density at radius 3 is 1.17 bits per heavy atom. The molecule has 0 fully saturated rings. The maximum atomic E-state index is 3.54. The van der Waals surface area contributed by atoms with Crippen LogP contribution in [0.2, 0.25) is 0 Å². The maximum absolute atomic E-state index is 3.54. The molecule has 2 N–H and O–H groups in total. The molecule has 0 amide bonds. The molecule has 0 aromatic carbocycles. The molecule has 2 nitrogen and oxygen atoms in total. The van der Waals surface area contributed by atoms with Gasteiger partial charge in [-0.05, 0) is 35.8 Å². The first-order chi connectivity index (χ1) is 8.05. The molecule has 0 heterocycles. The molecule has 0 rings (SSSR count). The van der Waals surface area contributed by atoms with E-state index in [0.717, 1.165) is 26.2 Å². The summed E-state index contributed by atoms with van der Waals surface area (Å²) in [6.07, 6.45) is 0. The minimum atomic E-state index is 0.404. The number of nitrogens with one attached hydrogen (secondary N) is 2. The summed E-state index contributed by atoms with van der Waals surface area (Å²) >= 11 is 0. The van der Waals surface area contributed by atoms with Gasteiger partial charge in [-0.15, -0.1) is 0 Å². The Morgan fingerprint density at radius 2 is 0.944 bits per heavy atom. The number of hydrogen-bond donors (Lipinski definition) is 2. The van der Waals surface area contributed by atoms with Gasteiger partial charge < -0.3 is 10.6 Å².